The molecule has 0 aliphatic rings. The monoisotopic (exact) mass is 288 g/mol. The van der Waals surface area contributed by atoms with Gasteiger partial charge in [0.1, 0.15) is 12.2 Å². The minimum absolute atomic E-state index is 0.135. The zero-order valence-electron chi connectivity index (χ0n) is 11.1. The maximum absolute atomic E-state index is 8.84. The van der Waals surface area contributed by atoms with Gasteiger partial charge in [0.2, 0.25) is 0 Å². The molecular weight excluding hydrogens is 268 g/mol. The standard InChI is InChI=1S/C12H20N2O6/c15-3-11(4-16)19-7-9-1-13-10(2-14-9)8-20-12(5-17)6-18/h1-2,11-12,15-18H,3-8H2. The Hall–Kier alpha value is -1.16. The number of hydrogen-bond acceptors (Lipinski definition) is 8. The number of aromatic nitrogens is 2. The molecule has 0 spiro atoms. The van der Waals surface area contributed by atoms with E-state index in [0.717, 1.165) is 0 Å². The average Bonchev–Trinajstić information content (AvgIpc) is 2.50. The lowest BCUT2D eigenvalue weighted by atomic mass is 10.4. The second-order valence-corrected chi connectivity index (χ2v) is 4.10. The van der Waals surface area contributed by atoms with E-state index in [1.54, 1.807) is 0 Å². The number of hydrogen-bond donors (Lipinski definition) is 4. The van der Waals surface area contributed by atoms with Gasteiger partial charge in [0, 0.05) is 0 Å². The molecule has 0 fully saturated rings. The molecule has 20 heavy (non-hydrogen) atoms. The van der Waals surface area contributed by atoms with Crippen LogP contribution >= 0.6 is 0 Å². The fourth-order valence-electron chi connectivity index (χ4n) is 1.26. The van der Waals surface area contributed by atoms with Gasteiger partial charge in [-0.2, -0.15) is 0 Å². The highest BCUT2D eigenvalue weighted by atomic mass is 16.5. The van der Waals surface area contributed by atoms with Crippen molar-refractivity contribution in [1.29, 1.82) is 0 Å². The number of aliphatic hydroxyl groups excluding tert-OH is 4. The van der Waals surface area contributed by atoms with Crippen LogP contribution in [0.5, 0.6) is 0 Å². The Morgan fingerprint density at radius 2 is 1.10 bits per heavy atom. The molecule has 4 N–H and O–H groups in total. The Bertz CT molecular complexity index is 318. The predicted octanol–water partition coefficient (Wildman–Crippen LogP) is -1.78. The summed E-state index contributed by atoms with van der Waals surface area (Å²) in [7, 11) is 0. The molecule has 1 aromatic heterocycles. The lowest BCUT2D eigenvalue weighted by Crippen LogP contribution is -2.22. The third kappa shape index (κ3) is 5.87. The predicted molar refractivity (Wildman–Crippen MR) is 67.5 cm³/mol. The van der Waals surface area contributed by atoms with Crippen LogP contribution in [0.15, 0.2) is 12.4 Å². The number of ether oxygens (including phenoxy) is 2. The van der Waals surface area contributed by atoms with Crippen LogP contribution < -0.4 is 0 Å². The minimum Gasteiger partial charge on any atom is -0.394 e. The molecule has 0 bridgehead atoms. The molecule has 0 aliphatic carbocycles. The summed E-state index contributed by atoms with van der Waals surface area (Å²) >= 11 is 0. The topological polar surface area (TPSA) is 125 Å². The summed E-state index contributed by atoms with van der Waals surface area (Å²) in [4.78, 5) is 8.19. The first kappa shape index (κ1) is 16.9. The first-order chi connectivity index (χ1) is 9.73. The Kier molecular flexibility index (Phi) is 8.19. The molecule has 0 amide bonds. The lowest BCUT2D eigenvalue weighted by molar-refractivity contribution is -0.0311. The smallest absolute Gasteiger partial charge is 0.104 e. The van der Waals surface area contributed by atoms with Crippen molar-refractivity contribution >= 4 is 0 Å². The highest BCUT2D eigenvalue weighted by Gasteiger charge is 2.08. The minimum atomic E-state index is -0.630. The molecule has 0 unspecified atom stereocenters. The van der Waals surface area contributed by atoms with Gasteiger partial charge in [0.15, 0.2) is 0 Å². The van der Waals surface area contributed by atoms with Crippen LogP contribution in [0.1, 0.15) is 11.4 Å². The molecule has 114 valence electrons. The summed E-state index contributed by atoms with van der Waals surface area (Å²) in [5.41, 5.74) is 1.11. The fourth-order valence-corrected chi connectivity index (χ4v) is 1.26. The van der Waals surface area contributed by atoms with Crippen molar-refractivity contribution in [1.82, 2.24) is 9.97 Å². The Balaban J connectivity index is 2.40. The van der Waals surface area contributed by atoms with Gasteiger partial charge in [0.25, 0.3) is 0 Å². The van der Waals surface area contributed by atoms with E-state index in [0.29, 0.717) is 11.4 Å². The maximum atomic E-state index is 8.84. The Morgan fingerprint density at radius 1 is 0.750 bits per heavy atom. The van der Waals surface area contributed by atoms with Gasteiger partial charge in [-0.1, -0.05) is 0 Å². The maximum Gasteiger partial charge on any atom is 0.104 e. The van der Waals surface area contributed by atoms with E-state index < -0.39 is 12.2 Å². The van der Waals surface area contributed by atoms with Crippen LogP contribution in [0.2, 0.25) is 0 Å². The summed E-state index contributed by atoms with van der Waals surface area (Å²) in [6, 6.07) is 0. The molecule has 0 aliphatic heterocycles. The first-order valence-electron chi connectivity index (χ1n) is 6.19. The second-order valence-electron chi connectivity index (χ2n) is 4.10. The van der Waals surface area contributed by atoms with Gasteiger partial charge in [-0.15, -0.1) is 0 Å². The molecule has 1 heterocycles. The molecule has 0 saturated carbocycles. The van der Waals surface area contributed by atoms with E-state index in [9.17, 15) is 0 Å². The second kappa shape index (κ2) is 9.70. The molecule has 0 saturated heterocycles. The van der Waals surface area contributed by atoms with Gasteiger partial charge < -0.3 is 29.9 Å². The van der Waals surface area contributed by atoms with Gasteiger partial charge in [-0.3, -0.25) is 9.97 Å². The van der Waals surface area contributed by atoms with Crippen molar-refractivity contribution < 1.29 is 29.9 Å². The van der Waals surface area contributed by atoms with Crippen LogP contribution in [0.4, 0.5) is 0 Å². The van der Waals surface area contributed by atoms with E-state index in [1.807, 2.05) is 0 Å². The summed E-state index contributed by atoms with van der Waals surface area (Å²) in [5.74, 6) is 0. The first-order valence-corrected chi connectivity index (χ1v) is 6.19. The van der Waals surface area contributed by atoms with E-state index in [1.165, 1.54) is 12.4 Å². The van der Waals surface area contributed by atoms with Crippen molar-refractivity contribution in [3.05, 3.63) is 23.8 Å². The van der Waals surface area contributed by atoms with Gasteiger partial charge >= 0.3 is 0 Å². The normalized spacial score (nSPS) is 11.5. The molecule has 0 radical (unpaired) electrons. The van der Waals surface area contributed by atoms with Gasteiger partial charge in [-0.05, 0) is 0 Å². The third-order valence-corrected chi connectivity index (χ3v) is 2.51. The third-order valence-electron chi connectivity index (χ3n) is 2.51. The number of aliphatic hydroxyl groups is 4. The van der Waals surface area contributed by atoms with Crippen molar-refractivity contribution in [2.75, 3.05) is 26.4 Å². The lowest BCUT2D eigenvalue weighted by Gasteiger charge is -2.13. The van der Waals surface area contributed by atoms with Crippen molar-refractivity contribution in [3.63, 3.8) is 0 Å². The average molecular weight is 288 g/mol. The van der Waals surface area contributed by atoms with Gasteiger partial charge in [-0.25, -0.2) is 0 Å². The van der Waals surface area contributed by atoms with Crippen LogP contribution in [0.3, 0.4) is 0 Å². The highest BCUT2D eigenvalue weighted by molar-refractivity contribution is 5.00. The molecule has 1 aromatic rings. The van der Waals surface area contributed by atoms with E-state index in [-0.39, 0.29) is 39.6 Å². The largest absolute Gasteiger partial charge is 0.394 e. The molecule has 0 atom stereocenters. The number of rotatable bonds is 10. The molecule has 0 aromatic carbocycles. The van der Waals surface area contributed by atoms with E-state index in [4.69, 9.17) is 29.9 Å². The van der Waals surface area contributed by atoms with Gasteiger partial charge in [0.05, 0.1) is 63.4 Å². The summed E-state index contributed by atoms with van der Waals surface area (Å²) in [5, 5.41) is 35.4. The summed E-state index contributed by atoms with van der Waals surface area (Å²) in [6.45, 7) is -0.788. The van der Waals surface area contributed by atoms with Crippen LogP contribution in [0, 0.1) is 0 Å². The Labute approximate surface area is 116 Å². The summed E-state index contributed by atoms with van der Waals surface area (Å²) < 4.78 is 10.4. The van der Waals surface area contributed by atoms with Crippen LogP contribution in [-0.4, -0.2) is 69.0 Å². The number of nitrogens with zero attached hydrogens (tertiary/aromatic N) is 2. The Morgan fingerprint density at radius 3 is 1.35 bits per heavy atom. The summed E-state index contributed by atoms with van der Waals surface area (Å²) in [6.07, 6.45) is 1.73. The molecule has 8 heteroatoms. The zero-order chi connectivity index (χ0) is 14.8. The fraction of sp³-hybridized carbons (Fsp3) is 0.667. The highest BCUT2D eigenvalue weighted by Crippen LogP contribution is 2.03. The van der Waals surface area contributed by atoms with Crippen molar-refractivity contribution in [3.8, 4) is 0 Å². The zero-order valence-corrected chi connectivity index (χ0v) is 11.1. The van der Waals surface area contributed by atoms with Crippen LogP contribution in [-0.2, 0) is 22.7 Å². The molecule has 8 nitrogen and oxygen atoms in total. The van der Waals surface area contributed by atoms with Crippen molar-refractivity contribution in [2.24, 2.45) is 0 Å². The molecular formula is C12H20N2O6. The van der Waals surface area contributed by atoms with E-state index in [2.05, 4.69) is 9.97 Å². The van der Waals surface area contributed by atoms with E-state index >= 15 is 0 Å². The quantitative estimate of drug-likeness (QED) is 0.398. The molecule has 1 rings (SSSR count). The van der Waals surface area contributed by atoms with Crippen LogP contribution in [0.25, 0.3) is 0 Å². The van der Waals surface area contributed by atoms with Crippen molar-refractivity contribution in [2.45, 2.75) is 25.4 Å². The SMILES string of the molecule is OCC(CO)OCc1cnc(COC(CO)CO)cn1.